The molecule has 1 aromatic rings. The van der Waals surface area contributed by atoms with E-state index >= 15 is 0 Å². The van der Waals surface area contributed by atoms with E-state index < -0.39 is 12.2 Å². The number of para-hydroxylation sites is 1. The standard InChI is InChI=1S/C16H26O4/c1-4-12(5-2)15(17)16(18)13-8-6-7-9-14(13)20-11-10-19-3/h6-9,12,15-18H,4-5,10-11H2,1-3H3. The van der Waals surface area contributed by atoms with Crippen LogP contribution in [0.15, 0.2) is 24.3 Å². The Hall–Kier alpha value is -1.10. The number of rotatable bonds is 9. The molecule has 0 amide bonds. The van der Waals surface area contributed by atoms with E-state index in [1.54, 1.807) is 19.2 Å². The summed E-state index contributed by atoms with van der Waals surface area (Å²) in [6.45, 7) is 4.94. The maximum atomic E-state index is 10.4. The Kier molecular flexibility index (Phi) is 7.59. The van der Waals surface area contributed by atoms with E-state index in [1.165, 1.54) is 0 Å². The second-order valence-corrected chi connectivity index (χ2v) is 4.89. The summed E-state index contributed by atoms with van der Waals surface area (Å²) in [6.07, 6.45) is -0.0427. The van der Waals surface area contributed by atoms with Gasteiger partial charge in [0, 0.05) is 12.7 Å². The van der Waals surface area contributed by atoms with Gasteiger partial charge < -0.3 is 19.7 Å². The molecule has 2 unspecified atom stereocenters. The van der Waals surface area contributed by atoms with Crippen LogP contribution in [0.3, 0.4) is 0 Å². The summed E-state index contributed by atoms with van der Waals surface area (Å²) in [7, 11) is 1.61. The van der Waals surface area contributed by atoms with E-state index in [0.29, 0.717) is 24.5 Å². The van der Waals surface area contributed by atoms with Crippen LogP contribution in [0.1, 0.15) is 38.4 Å². The monoisotopic (exact) mass is 282 g/mol. The molecular weight excluding hydrogens is 256 g/mol. The molecule has 1 aromatic carbocycles. The van der Waals surface area contributed by atoms with Crippen LogP contribution in [0.4, 0.5) is 0 Å². The number of hydrogen-bond acceptors (Lipinski definition) is 4. The topological polar surface area (TPSA) is 58.9 Å². The lowest BCUT2D eigenvalue weighted by Gasteiger charge is -2.26. The first-order valence-electron chi connectivity index (χ1n) is 7.22. The number of aliphatic hydroxyl groups is 2. The van der Waals surface area contributed by atoms with Gasteiger partial charge in [-0.15, -0.1) is 0 Å². The molecule has 0 aromatic heterocycles. The smallest absolute Gasteiger partial charge is 0.125 e. The van der Waals surface area contributed by atoms with E-state index in [2.05, 4.69) is 0 Å². The highest BCUT2D eigenvalue weighted by molar-refractivity contribution is 5.35. The summed E-state index contributed by atoms with van der Waals surface area (Å²) in [5.41, 5.74) is 0.628. The molecule has 0 fully saturated rings. The van der Waals surface area contributed by atoms with Crippen molar-refractivity contribution in [1.82, 2.24) is 0 Å². The SMILES string of the molecule is CCC(CC)C(O)C(O)c1ccccc1OCCOC. The number of benzene rings is 1. The molecule has 2 N–H and O–H groups in total. The van der Waals surface area contributed by atoms with Crippen molar-refractivity contribution in [3.63, 3.8) is 0 Å². The van der Waals surface area contributed by atoms with Gasteiger partial charge in [-0.3, -0.25) is 0 Å². The summed E-state index contributed by atoms with van der Waals surface area (Å²) in [6, 6.07) is 7.27. The molecule has 1 rings (SSSR count). The Morgan fingerprint density at radius 2 is 1.70 bits per heavy atom. The first kappa shape index (κ1) is 17.0. The van der Waals surface area contributed by atoms with E-state index in [-0.39, 0.29) is 5.92 Å². The minimum atomic E-state index is -0.932. The number of hydrogen-bond donors (Lipinski definition) is 2. The van der Waals surface area contributed by atoms with Crippen molar-refractivity contribution in [2.24, 2.45) is 5.92 Å². The number of methoxy groups -OCH3 is 1. The van der Waals surface area contributed by atoms with E-state index in [4.69, 9.17) is 9.47 Å². The molecule has 20 heavy (non-hydrogen) atoms. The van der Waals surface area contributed by atoms with Crippen molar-refractivity contribution in [2.45, 2.75) is 38.9 Å². The van der Waals surface area contributed by atoms with Crippen molar-refractivity contribution in [1.29, 1.82) is 0 Å². The van der Waals surface area contributed by atoms with E-state index in [9.17, 15) is 10.2 Å². The Morgan fingerprint density at radius 3 is 2.30 bits per heavy atom. The van der Waals surface area contributed by atoms with Gasteiger partial charge in [0.15, 0.2) is 0 Å². The second kappa shape index (κ2) is 8.95. The largest absolute Gasteiger partial charge is 0.491 e. The van der Waals surface area contributed by atoms with Gasteiger partial charge in [0.05, 0.1) is 12.7 Å². The van der Waals surface area contributed by atoms with Crippen LogP contribution in [0, 0.1) is 5.92 Å². The van der Waals surface area contributed by atoms with E-state index in [1.807, 2.05) is 26.0 Å². The lowest BCUT2D eigenvalue weighted by atomic mass is 9.89. The van der Waals surface area contributed by atoms with Crippen LogP contribution in [0.25, 0.3) is 0 Å². The van der Waals surface area contributed by atoms with Crippen molar-refractivity contribution < 1.29 is 19.7 Å². The Balaban J connectivity index is 2.83. The zero-order valence-corrected chi connectivity index (χ0v) is 12.6. The number of ether oxygens (including phenoxy) is 2. The Morgan fingerprint density at radius 1 is 1.05 bits per heavy atom. The summed E-state index contributed by atoms with van der Waals surface area (Å²) < 4.78 is 10.5. The van der Waals surface area contributed by atoms with Gasteiger partial charge in [-0.05, 0) is 12.0 Å². The van der Waals surface area contributed by atoms with Gasteiger partial charge in [0.2, 0.25) is 0 Å². The maximum Gasteiger partial charge on any atom is 0.125 e. The molecular formula is C16H26O4. The maximum absolute atomic E-state index is 10.4. The molecule has 0 bridgehead atoms. The van der Waals surface area contributed by atoms with Crippen LogP contribution >= 0.6 is 0 Å². The minimum Gasteiger partial charge on any atom is -0.491 e. The predicted octanol–water partition coefficient (Wildman–Crippen LogP) is 2.54. The molecule has 0 saturated heterocycles. The third-order valence-corrected chi connectivity index (χ3v) is 3.64. The zero-order valence-electron chi connectivity index (χ0n) is 12.6. The first-order chi connectivity index (χ1) is 9.65. The molecule has 0 spiro atoms. The average Bonchev–Trinajstić information content (AvgIpc) is 2.48. The van der Waals surface area contributed by atoms with Gasteiger partial charge in [0.1, 0.15) is 18.5 Å². The summed E-state index contributed by atoms with van der Waals surface area (Å²) >= 11 is 0. The van der Waals surface area contributed by atoms with Crippen molar-refractivity contribution in [3.8, 4) is 5.75 Å². The quantitative estimate of drug-likeness (QED) is 0.683. The van der Waals surface area contributed by atoms with E-state index in [0.717, 1.165) is 12.8 Å². The fraction of sp³-hybridized carbons (Fsp3) is 0.625. The lowest BCUT2D eigenvalue weighted by molar-refractivity contribution is -0.0223. The van der Waals surface area contributed by atoms with Crippen LogP contribution in [-0.4, -0.2) is 36.6 Å². The molecule has 0 saturated carbocycles. The van der Waals surface area contributed by atoms with Crippen LogP contribution in [0.2, 0.25) is 0 Å². The third-order valence-electron chi connectivity index (χ3n) is 3.64. The van der Waals surface area contributed by atoms with Crippen molar-refractivity contribution in [2.75, 3.05) is 20.3 Å². The zero-order chi connectivity index (χ0) is 15.0. The molecule has 4 nitrogen and oxygen atoms in total. The van der Waals surface area contributed by atoms with Gasteiger partial charge in [0.25, 0.3) is 0 Å². The van der Waals surface area contributed by atoms with Gasteiger partial charge in [-0.1, -0.05) is 44.9 Å². The lowest BCUT2D eigenvalue weighted by Crippen LogP contribution is -2.27. The first-order valence-corrected chi connectivity index (χ1v) is 7.22. The highest BCUT2D eigenvalue weighted by atomic mass is 16.5. The molecule has 0 radical (unpaired) electrons. The summed E-state index contributed by atoms with van der Waals surface area (Å²) in [4.78, 5) is 0. The molecule has 0 aliphatic carbocycles. The molecule has 2 atom stereocenters. The van der Waals surface area contributed by atoms with Gasteiger partial charge >= 0.3 is 0 Å². The Labute approximate surface area is 121 Å². The molecule has 0 heterocycles. The predicted molar refractivity (Wildman–Crippen MR) is 78.9 cm³/mol. The van der Waals surface area contributed by atoms with Crippen molar-refractivity contribution >= 4 is 0 Å². The molecule has 0 aliphatic heterocycles. The van der Waals surface area contributed by atoms with Crippen LogP contribution in [-0.2, 0) is 4.74 Å². The van der Waals surface area contributed by atoms with Gasteiger partial charge in [-0.25, -0.2) is 0 Å². The van der Waals surface area contributed by atoms with Crippen molar-refractivity contribution in [3.05, 3.63) is 29.8 Å². The summed E-state index contributed by atoms with van der Waals surface area (Å²) in [5.74, 6) is 0.680. The van der Waals surface area contributed by atoms with Crippen LogP contribution < -0.4 is 4.74 Å². The molecule has 4 heteroatoms. The fourth-order valence-corrected chi connectivity index (χ4v) is 2.30. The second-order valence-electron chi connectivity index (χ2n) is 4.89. The highest BCUT2D eigenvalue weighted by Crippen LogP contribution is 2.31. The average molecular weight is 282 g/mol. The normalized spacial score (nSPS) is 14.3. The summed E-state index contributed by atoms with van der Waals surface area (Å²) in [5, 5.41) is 20.7. The molecule has 0 aliphatic rings. The Bertz CT molecular complexity index is 376. The highest BCUT2D eigenvalue weighted by Gasteiger charge is 2.27. The van der Waals surface area contributed by atoms with Gasteiger partial charge in [-0.2, -0.15) is 0 Å². The third kappa shape index (κ3) is 4.47. The minimum absolute atomic E-state index is 0.0806. The number of aliphatic hydroxyl groups excluding tert-OH is 2. The molecule has 114 valence electrons. The van der Waals surface area contributed by atoms with Crippen LogP contribution in [0.5, 0.6) is 5.75 Å². The fourth-order valence-electron chi connectivity index (χ4n) is 2.30.